The summed E-state index contributed by atoms with van der Waals surface area (Å²) in [6, 6.07) is 0.282. The monoisotopic (exact) mass is 255 g/mol. The van der Waals surface area contributed by atoms with Gasteiger partial charge in [0.1, 0.15) is 0 Å². The number of hydrogen-bond acceptors (Lipinski definition) is 3. The van der Waals surface area contributed by atoms with E-state index in [9.17, 15) is 4.79 Å². The summed E-state index contributed by atoms with van der Waals surface area (Å²) in [5.41, 5.74) is 5.80. The van der Waals surface area contributed by atoms with Crippen molar-refractivity contribution in [2.24, 2.45) is 17.6 Å². The minimum Gasteiger partial charge on any atom is -0.354 e. The Morgan fingerprint density at radius 3 is 2.56 bits per heavy atom. The summed E-state index contributed by atoms with van der Waals surface area (Å²) < 4.78 is 0. The van der Waals surface area contributed by atoms with Crippen LogP contribution in [0.2, 0.25) is 0 Å². The van der Waals surface area contributed by atoms with Crippen molar-refractivity contribution in [2.75, 3.05) is 13.1 Å². The van der Waals surface area contributed by atoms with Gasteiger partial charge in [-0.05, 0) is 38.1 Å². The van der Waals surface area contributed by atoms with Crippen LogP contribution >= 0.6 is 0 Å². The number of nitrogens with one attached hydrogen (secondary N) is 2. The van der Waals surface area contributed by atoms with Gasteiger partial charge in [-0.2, -0.15) is 0 Å². The molecule has 0 aliphatic heterocycles. The Hall–Kier alpha value is -0.610. The molecule has 106 valence electrons. The Bertz CT molecular complexity index is 255. The second-order valence-corrected chi connectivity index (χ2v) is 5.91. The first-order chi connectivity index (χ1) is 8.54. The second-order valence-electron chi connectivity index (χ2n) is 5.91. The molecule has 1 fully saturated rings. The Balaban J connectivity index is 2.37. The molecule has 1 saturated carbocycles. The molecule has 3 atom stereocenters. The van der Waals surface area contributed by atoms with E-state index < -0.39 is 0 Å². The van der Waals surface area contributed by atoms with Crippen molar-refractivity contribution < 1.29 is 4.79 Å². The number of carbonyl (C=O) groups is 1. The maximum atomic E-state index is 11.9. The molecule has 4 N–H and O–H groups in total. The fourth-order valence-corrected chi connectivity index (χ4v) is 2.56. The van der Waals surface area contributed by atoms with Gasteiger partial charge >= 0.3 is 0 Å². The Labute approximate surface area is 111 Å². The minimum atomic E-state index is -0.124. The molecule has 0 aromatic heterocycles. The van der Waals surface area contributed by atoms with Crippen molar-refractivity contribution in [3.63, 3.8) is 0 Å². The molecule has 0 aromatic rings. The summed E-state index contributed by atoms with van der Waals surface area (Å²) in [5.74, 6) is 1.12. The standard InChI is InChI=1S/C14H29N3O/c1-10(2)9-16-14(18)11(3)17-13-7-5-4-6-12(13)8-15/h10-13,17H,4-9,15H2,1-3H3,(H,16,18). The second kappa shape index (κ2) is 7.74. The molecule has 0 saturated heterocycles. The van der Waals surface area contributed by atoms with Crippen LogP contribution in [-0.2, 0) is 4.79 Å². The number of nitrogens with two attached hydrogens (primary N) is 1. The molecule has 0 radical (unpaired) electrons. The number of rotatable bonds is 6. The third-order valence-corrected chi connectivity index (χ3v) is 3.75. The number of carbonyl (C=O) groups excluding carboxylic acids is 1. The smallest absolute Gasteiger partial charge is 0.236 e. The SMILES string of the molecule is CC(C)CNC(=O)C(C)NC1CCCCC1CN. The predicted octanol–water partition coefficient (Wildman–Crippen LogP) is 1.25. The van der Waals surface area contributed by atoms with Crippen LogP contribution in [0.5, 0.6) is 0 Å². The summed E-state index contributed by atoms with van der Waals surface area (Å²) in [6.45, 7) is 7.61. The summed E-state index contributed by atoms with van der Waals surface area (Å²) in [5, 5.41) is 6.42. The van der Waals surface area contributed by atoms with Crippen molar-refractivity contribution in [1.29, 1.82) is 0 Å². The molecular formula is C14H29N3O. The van der Waals surface area contributed by atoms with Crippen molar-refractivity contribution in [1.82, 2.24) is 10.6 Å². The molecule has 0 aromatic carbocycles. The van der Waals surface area contributed by atoms with E-state index >= 15 is 0 Å². The van der Waals surface area contributed by atoms with Gasteiger partial charge in [0, 0.05) is 12.6 Å². The normalized spacial score (nSPS) is 26.1. The molecule has 0 bridgehead atoms. The van der Waals surface area contributed by atoms with Gasteiger partial charge in [-0.15, -0.1) is 0 Å². The zero-order chi connectivity index (χ0) is 13.5. The first-order valence-electron chi connectivity index (χ1n) is 7.28. The Morgan fingerprint density at radius 2 is 1.94 bits per heavy atom. The molecule has 1 rings (SSSR count). The zero-order valence-electron chi connectivity index (χ0n) is 12.0. The molecular weight excluding hydrogens is 226 g/mol. The maximum absolute atomic E-state index is 11.9. The van der Waals surface area contributed by atoms with Gasteiger partial charge in [-0.1, -0.05) is 26.7 Å². The first kappa shape index (κ1) is 15.4. The van der Waals surface area contributed by atoms with E-state index in [1.807, 2.05) is 6.92 Å². The van der Waals surface area contributed by atoms with E-state index in [1.54, 1.807) is 0 Å². The Morgan fingerprint density at radius 1 is 1.28 bits per heavy atom. The lowest BCUT2D eigenvalue weighted by atomic mass is 9.84. The molecule has 1 amide bonds. The average molecular weight is 255 g/mol. The van der Waals surface area contributed by atoms with Crippen molar-refractivity contribution in [2.45, 2.75) is 58.5 Å². The minimum absolute atomic E-state index is 0.102. The lowest BCUT2D eigenvalue weighted by Crippen LogP contribution is -2.51. The first-order valence-corrected chi connectivity index (χ1v) is 7.28. The lowest BCUT2D eigenvalue weighted by Gasteiger charge is -2.33. The number of hydrogen-bond donors (Lipinski definition) is 3. The van der Waals surface area contributed by atoms with E-state index in [2.05, 4.69) is 24.5 Å². The van der Waals surface area contributed by atoms with Crippen LogP contribution in [0.1, 0.15) is 46.5 Å². The van der Waals surface area contributed by atoms with Crippen LogP contribution in [0.15, 0.2) is 0 Å². The molecule has 18 heavy (non-hydrogen) atoms. The van der Waals surface area contributed by atoms with E-state index in [-0.39, 0.29) is 11.9 Å². The fraction of sp³-hybridized carbons (Fsp3) is 0.929. The van der Waals surface area contributed by atoms with Gasteiger partial charge in [0.2, 0.25) is 5.91 Å². The summed E-state index contributed by atoms with van der Waals surface area (Å²) in [7, 11) is 0. The number of amides is 1. The van der Waals surface area contributed by atoms with E-state index in [0.717, 1.165) is 19.5 Å². The average Bonchev–Trinajstić information content (AvgIpc) is 2.36. The van der Waals surface area contributed by atoms with Gasteiger partial charge < -0.3 is 16.4 Å². The molecule has 0 heterocycles. The highest BCUT2D eigenvalue weighted by Gasteiger charge is 2.26. The van der Waals surface area contributed by atoms with Crippen molar-refractivity contribution in [3.05, 3.63) is 0 Å². The van der Waals surface area contributed by atoms with Crippen molar-refractivity contribution >= 4 is 5.91 Å². The van der Waals surface area contributed by atoms with Gasteiger partial charge in [0.05, 0.1) is 6.04 Å². The van der Waals surface area contributed by atoms with Crippen LogP contribution in [0.4, 0.5) is 0 Å². The molecule has 1 aliphatic rings. The largest absolute Gasteiger partial charge is 0.354 e. The third kappa shape index (κ3) is 4.94. The van der Waals surface area contributed by atoms with Crippen LogP contribution in [-0.4, -0.2) is 31.1 Å². The quantitative estimate of drug-likeness (QED) is 0.669. The zero-order valence-corrected chi connectivity index (χ0v) is 12.0. The van der Waals surface area contributed by atoms with E-state index in [0.29, 0.717) is 17.9 Å². The Kier molecular flexibility index (Phi) is 6.65. The van der Waals surface area contributed by atoms with Gasteiger partial charge in [-0.3, -0.25) is 4.79 Å². The van der Waals surface area contributed by atoms with Gasteiger partial charge in [0.15, 0.2) is 0 Å². The molecule has 0 spiro atoms. The highest BCUT2D eigenvalue weighted by atomic mass is 16.2. The fourth-order valence-electron chi connectivity index (χ4n) is 2.56. The van der Waals surface area contributed by atoms with Gasteiger partial charge in [0.25, 0.3) is 0 Å². The lowest BCUT2D eigenvalue weighted by molar-refractivity contribution is -0.123. The van der Waals surface area contributed by atoms with Gasteiger partial charge in [-0.25, -0.2) is 0 Å². The molecule has 3 unspecified atom stereocenters. The van der Waals surface area contributed by atoms with Crippen LogP contribution in [0.3, 0.4) is 0 Å². The van der Waals surface area contributed by atoms with Crippen molar-refractivity contribution in [3.8, 4) is 0 Å². The maximum Gasteiger partial charge on any atom is 0.236 e. The molecule has 1 aliphatic carbocycles. The van der Waals surface area contributed by atoms with E-state index in [4.69, 9.17) is 5.73 Å². The highest BCUT2D eigenvalue weighted by Crippen LogP contribution is 2.23. The summed E-state index contributed by atoms with van der Waals surface area (Å²) in [6.07, 6.45) is 4.85. The predicted molar refractivity (Wildman–Crippen MR) is 75.2 cm³/mol. The van der Waals surface area contributed by atoms with Crippen LogP contribution in [0.25, 0.3) is 0 Å². The third-order valence-electron chi connectivity index (χ3n) is 3.75. The molecule has 4 nitrogen and oxygen atoms in total. The summed E-state index contributed by atoms with van der Waals surface area (Å²) in [4.78, 5) is 11.9. The van der Waals surface area contributed by atoms with Crippen LogP contribution in [0, 0.1) is 11.8 Å². The highest BCUT2D eigenvalue weighted by molar-refractivity contribution is 5.81. The topological polar surface area (TPSA) is 67.2 Å². The van der Waals surface area contributed by atoms with E-state index in [1.165, 1.54) is 19.3 Å². The summed E-state index contributed by atoms with van der Waals surface area (Å²) >= 11 is 0. The van der Waals surface area contributed by atoms with Crippen LogP contribution < -0.4 is 16.4 Å². The molecule has 4 heteroatoms.